The van der Waals surface area contributed by atoms with Crippen molar-refractivity contribution in [1.82, 2.24) is 0 Å². The molecule has 0 unspecified atom stereocenters. The second-order valence-corrected chi connectivity index (χ2v) is 3.40. The molecule has 0 bridgehead atoms. The number of ether oxygens (including phenoxy) is 2. The van der Waals surface area contributed by atoms with Gasteiger partial charge in [-0.2, -0.15) is 0 Å². The highest BCUT2D eigenvalue weighted by Crippen LogP contribution is 2.34. The van der Waals surface area contributed by atoms with Gasteiger partial charge in [0.2, 0.25) is 0 Å². The Hall–Kier alpha value is -1.82. The summed E-state index contributed by atoms with van der Waals surface area (Å²) < 4.78 is 10.4. The minimum absolute atomic E-state index is 0.167. The smallest absolute Gasteiger partial charge is 0.278 e. The Balaban J connectivity index is 3.18. The van der Waals surface area contributed by atoms with Crippen molar-refractivity contribution in [2.45, 2.75) is 20.0 Å². The van der Waals surface area contributed by atoms with Crippen LogP contribution in [0.3, 0.4) is 0 Å². The number of aliphatic hydroxyl groups is 1. The highest BCUT2D eigenvalue weighted by Gasteiger charge is 2.18. The van der Waals surface area contributed by atoms with Crippen molar-refractivity contribution in [3.63, 3.8) is 0 Å². The Morgan fingerprint density at radius 3 is 2.59 bits per heavy atom. The highest BCUT2D eigenvalue weighted by atomic mass is 16.6. The summed E-state index contributed by atoms with van der Waals surface area (Å²) in [5, 5.41) is 19.9. The van der Waals surface area contributed by atoms with Crippen molar-refractivity contribution in [2.24, 2.45) is 0 Å². The molecule has 1 rings (SSSR count). The van der Waals surface area contributed by atoms with E-state index in [1.807, 2.05) is 6.92 Å². The van der Waals surface area contributed by atoms with Crippen LogP contribution in [0.4, 0.5) is 5.69 Å². The molecule has 0 radical (unpaired) electrons. The van der Waals surface area contributed by atoms with Crippen LogP contribution in [0.5, 0.6) is 11.5 Å². The average molecular weight is 241 g/mol. The molecule has 0 heterocycles. The van der Waals surface area contributed by atoms with Gasteiger partial charge < -0.3 is 14.6 Å². The van der Waals surface area contributed by atoms with Gasteiger partial charge in [-0.1, -0.05) is 6.92 Å². The van der Waals surface area contributed by atoms with Crippen LogP contribution in [0.15, 0.2) is 12.1 Å². The molecule has 6 heteroatoms. The van der Waals surface area contributed by atoms with Gasteiger partial charge in [0, 0.05) is 0 Å². The summed E-state index contributed by atoms with van der Waals surface area (Å²) in [4.78, 5) is 10.3. The summed E-state index contributed by atoms with van der Waals surface area (Å²) in [5.74, 6) is 0.700. The zero-order chi connectivity index (χ0) is 12.8. The zero-order valence-corrected chi connectivity index (χ0v) is 9.80. The molecule has 0 aliphatic rings. The molecule has 94 valence electrons. The number of nitro benzene ring substituents is 1. The van der Waals surface area contributed by atoms with Crippen LogP contribution in [0.25, 0.3) is 0 Å². The van der Waals surface area contributed by atoms with E-state index in [0.29, 0.717) is 18.1 Å². The van der Waals surface area contributed by atoms with Gasteiger partial charge in [0.25, 0.3) is 5.69 Å². The van der Waals surface area contributed by atoms with Gasteiger partial charge in [-0.25, -0.2) is 0 Å². The molecule has 0 aromatic heterocycles. The molecule has 1 N–H and O–H groups in total. The lowest BCUT2D eigenvalue weighted by Crippen LogP contribution is -2.02. The second kappa shape index (κ2) is 6.05. The van der Waals surface area contributed by atoms with E-state index in [2.05, 4.69) is 0 Å². The summed E-state index contributed by atoms with van der Waals surface area (Å²) in [6.07, 6.45) is 0.790. The molecular formula is C11H15NO5. The van der Waals surface area contributed by atoms with E-state index >= 15 is 0 Å². The van der Waals surface area contributed by atoms with E-state index in [9.17, 15) is 10.1 Å². The van der Waals surface area contributed by atoms with Crippen LogP contribution in [0.2, 0.25) is 0 Å². The van der Waals surface area contributed by atoms with E-state index in [0.717, 1.165) is 6.42 Å². The standard InChI is InChI=1S/C11H15NO5/c1-3-4-17-11-6-9(12(14)15)8(7-13)5-10(11)16-2/h5-6,13H,3-4,7H2,1-2H3. The fourth-order valence-corrected chi connectivity index (χ4v) is 1.37. The molecule has 6 nitrogen and oxygen atoms in total. The second-order valence-electron chi connectivity index (χ2n) is 3.40. The maximum Gasteiger partial charge on any atom is 0.278 e. The summed E-state index contributed by atoms with van der Waals surface area (Å²) in [7, 11) is 1.45. The lowest BCUT2D eigenvalue weighted by molar-refractivity contribution is -0.385. The van der Waals surface area contributed by atoms with Crippen LogP contribution in [-0.2, 0) is 6.61 Å². The predicted molar refractivity (Wildman–Crippen MR) is 61.4 cm³/mol. The minimum atomic E-state index is -0.552. The van der Waals surface area contributed by atoms with Gasteiger partial charge in [-0.3, -0.25) is 10.1 Å². The first kappa shape index (κ1) is 13.2. The third kappa shape index (κ3) is 3.07. The van der Waals surface area contributed by atoms with Crippen molar-refractivity contribution >= 4 is 5.69 Å². The normalized spacial score (nSPS) is 10.1. The molecule has 0 amide bonds. The van der Waals surface area contributed by atoms with Crippen molar-refractivity contribution in [1.29, 1.82) is 0 Å². The molecule has 1 aromatic carbocycles. The number of benzene rings is 1. The highest BCUT2D eigenvalue weighted by molar-refractivity contribution is 5.54. The minimum Gasteiger partial charge on any atom is -0.493 e. The maximum atomic E-state index is 10.8. The van der Waals surface area contributed by atoms with Crippen molar-refractivity contribution < 1.29 is 19.5 Å². The number of nitro groups is 1. The molecule has 0 saturated carbocycles. The van der Waals surface area contributed by atoms with Crippen molar-refractivity contribution in [2.75, 3.05) is 13.7 Å². The number of aliphatic hydroxyl groups excluding tert-OH is 1. The lowest BCUT2D eigenvalue weighted by atomic mass is 10.1. The number of hydrogen-bond donors (Lipinski definition) is 1. The summed E-state index contributed by atoms with van der Waals surface area (Å²) in [6, 6.07) is 2.70. The molecule has 0 aliphatic carbocycles. The van der Waals surface area contributed by atoms with Crippen molar-refractivity contribution in [3.8, 4) is 11.5 Å². The first-order valence-electron chi connectivity index (χ1n) is 5.23. The summed E-state index contributed by atoms with van der Waals surface area (Å²) >= 11 is 0. The van der Waals surface area contributed by atoms with Gasteiger partial charge in [-0.05, 0) is 12.5 Å². The molecule has 0 fully saturated rings. The summed E-state index contributed by atoms with van der Waals surface area (Å²) in [6.45, 7) is 1.97. The zero-order valence-electron chi connectivity index (χ0n) is 9.80. The predicted octanol–water partition coefficient (Wildman–Crippen LogP) is 1.88. The molecule has 0 saturated heterocycles. The number of nitrogens with zero attached hydrogens (tertiary/aromatic N) is 1. The van der Waals surface area contributed by atoms with E-state index in [1.165, 1.54) is 19.2 Å². The molecular weight excluding hydrogens is 226 g/mol. The molecule has 0 spiro atoms. The third-order valence-corrected chi connectivity index (χ3v) is 2.19. The molecule has 1 aromatic rings. The van der Waals surface area contributed by atoms with Gasteiger partial charge in [-0.15, -0.1) is 0 Å². The van der Waals surface area contributed by atoms with Gasteiger partial charge in [0.15, 0.2) is 11.5 Å². The van der Waals surface area contributed by atoms with Crippen LogP contribution in [-0.4, -0.2) is 23.7 Å². The SMILES string of the molecule is CCCOc1cc([N+](=O)[O-])c(CO)cc1OC. The fraction of sp³-hybridized carbons (Fsp3) is 0.455. The van der Waals surface area contributed by atoms with Crippen LogP contribution in [0, 0.1) is 10.1 Å². The van der Waals surface area contributed by atoms with Crippen LogP contribution in [0.1, 0.15) is 18.9 Å². The lowest BCUT2D eigenvalue weighted by Gasteiger charge is -2.11. The monoisotopic (exact) mass is 241 g/mol. The first-order chi connectivity index (χ1) is 8.13. The molecule has 0 atom stereocenters. The molecule has 17 heavy (non-hydrogen) atoms. The van der Waals surface area contributed by atoms with E-state index < -0.39 is 11.5 Å². The van der Waals surface area contributed by atoms with Crippen LogP contribution >= 0.6 is 0 Å². The van der Waals surface area contributed by atoms with E-state index in [1.54, 1.807) is 0 Å². The Labute approximate surface area is 98.9 Å². The number of methoxy groups -OCH3 is 1. The largest absolute Gasteiger partial charge is 0.493 e. The first-order valence-corrected chi connectivity index (χ1v) is 5.23. The van der Waals surface area contributed by atoms with E-state index in [-0.39, 0.29) is 11.3 Å². The topological polar surface area (TPSA) is 81.8 Å². The van der Waals surface area contributed by atoms with E-state index in [4.69, 9.17) is 14.6 Å². The Bertz CT molecular complexity index is 405. The fourth-order valence-electron chi connectivity index (χ4n) is 1.37. The third-order valence-electron chi connectivity index (χ3n) is 2.19. The number of hydrogen-bond acceptors (Lipinski definition) is 5. The van der Waals surface area contributed by atoms with Crippen LogP contribution < -0.4 is 9.47 Å². The maximum absolute atomic E-state index is 10.8. The quantitative estimate of drug-likeness (QED) is 0.607. The Morgan fingerprint density at radius 2 is 2.12 bits per heavy atom. The number of rotatable bonds is 6. The van der Waals surface area contributed by atoms with Crippen molar-refractivity contribution in [3.05, 3.63) is 27.8 Å². The Kier molecular flexibility index (Phi) is 4.71. The van der Waals surface area contributed by atoms with Gasteiger partial charge in [0.1, 0.15) is 0 Å². The average Bonchev–Trinajstić information content (AvgIpc) is 2.34. The van der Waals surface area contributed by atoms with Gasteiger partial charge in [0.05, 0.1) is 36.9 Å². The Morgan fingerprint density at radius 1 is 1.41 bits per heavy atom. The molecule has 0 aliphatic heterocycles. The summed E-state index contributed by atoms with van der Waals surface area (Å²) in [5.41, 5.74) is 0.0371. The van der Waals surface area contributed by atoms with Gasteiger partial charge >= 0.3 is 0 Å².